The molecule has 1 aliphatic rings. The van der Waals surface area contributed by atoms with Gasteiger partial charge in [-0.15, -0.1) is 0 Å². The smallest absolute Gasteiger partial charge is 0.251 e. The summed E-state index contributed by atoms with van der Waals surface area (Å²) in [5.41, 5.74) is 2.46. The van der Waals surface area contributed by atoms with Crippen LogP contribution in [0.2, 0.25) is 0 Å². The standard InChI is InChI=1S/C19H24N2O3/c1-13-4-5-15-10-16(19(24)20-17(15)9-13)6-7-18(23)21-8-2-3-14(11-21)12-22/h4-5,9-10,14,22H,2-3,6-8,11-12H2,1H3,(H,20,24). The van der Waals surface area contributed by atoms with E-state index < -0.39 is 0 Å². The Labute approximate surface area is 141 Å². The Bertz CT molecular complexity index is 797. The highest BCUT2D eigenvalue weighted by atomic mass is 16.3. The summed E-state index contributed by atoms with van der Waals surface area (Å²) < 4.78 is 0. The van der Waals surface area contributed by atoms with Crippen molar-refractivity contribution in [2.24, 2.45) is 5.92 Å². The van der Waals surface area contributed by atoms with Gasteiger partial charge in [0.15, 0.2) is 0 Å². The quantitative estimate of drug-likeness (QED) is 0.901. The third-order valence-corrected chi connectivity index (χ3v) is 4.82. The fourth-order valence-electron chi connectivity index (χ4n) is 3.39. The molecule has 3 rings (SSSR count). The van der Waals surface area contributed by atoms with Crippen LogP contribution in [0.5, 0.6) is 0 Å². The third-order valence-electron chi connectivity index (χ3n) is 4.82. The van der Waals surface area contributed by atoms with Crippen LogP contribution in [0, 0.1) is 12.8 Å². The number of rotatable bonds is 4. The maximum absolute atomic E-state index is 12.4. The van der Waals surface area contributed by atoms with E-state index in [4.69, 9.17) is 0 Å². The lowest BCUT2D eigenvalue weighted by Gasteiger charge is -2.31. The Morgan fingerprint density at radius 2 is 2.21 bits per heavy atom. The molecule has 5 nitrogen and oxygen atoms in total. The summed E-state index contributed by atoms with van der Waals surface area (Å²) in [6.07, 6.45) is 2.69. The van der Waals surface area contributed by atoms with Crippen LogP contribution in [0.1, 0.15) is 30.4 Å². The number of aliphatic hydroxyl groups is 1. The zero-order chi connectivity index (χ0) is 17.1. The topological polar surface area (TPSA) is 73.4 Å². The molecule has 0 spiro atoms. The zero-order valence-electron chi connectivity index (χ0n) is 14.0. The van der Waals surface area contributed by atoms with Crippen molar-refractivity contribution < 1.29 is 9.90 Å². The molecule has 1 atom stereocenters. The van der Waals surface area contributed by atoms with E-state index in [1.165, 1.54) is 0 Å². The van der Waals surface area contributed by atoms with E-state index in [1.54, 1.807) is 0 Å². The molecule has 0 aliphatic carbocycles. The van der Waals surface area contributed by atoms with Gasteiger partial charge in [-0.3, -0.25) is 9.59 Å². The van der Waals surface area contributed by atoms with Crippen molar-refractivity contribution >= 4 is 16.8 Å². The van der Waals surface area contributed by atoms with E-state index in [1.807, 2.05) is 36.1 Å². The van der Waals surface area contributed by atoms with E-state index in [2.05, 4.69) is 4.98 Å². The minimum absolute atomic E-state index is 0.0663. The number of amides is 1. The summed E-state index contributed by atoms with van der Waals surface area (Å²) in [6.45, 7) is 3.50. The number of aromatic amines is 1. The minimum atomic E-state index is -0.118. The molecule has 2 heterocycles. The number of nitrogens with one attached hydrogen (secondary N) is 1. The van der Waals surface area contributed by atoms with Crippen LogP contribution in [0.3, 0.4) is 0 Å². The number of nitrogens with zero attached hydrogens (tertiary/aromatic N) is 1. The molecule has 2 N–H and O–H groups in total. The van der Waals surface area contributed by atoms with Gasteiger partial charge in [-0.05, 0) is 55.2 Å². The maximum atomic E-state index is 12.4. The van der Waals surface area contributed by atoms with Gasteiger partial charge in [0.05, 0.1) is 0 Å². The van der Waals surface area contributed by atoms with Crippen LogP contribution in [0.4, 0.5) is 0 Å². The molecule has 1 saturated heterocycles. The summed E-state index contributed by atoms with van der Waals surface area (Å²) >= 11 is 0. The predicted molar refractivity (Wildman–Crippen MR) is 94.0 cm³/mol. The monoisotopic (exact) mass is 328 g/mol. The van der Waals surface area contributed by atoms with Gasteiger partial charge in [-0.2, -0.15) is 0 Å². The lowest BCUT2D eigenvalue weighted by molar-refractivity contribution is -0.133. The molecular weight excluding hydrogens is 304 g/mol. The van der Waals surface area contributed by atoms with E-state index in [9.17, 15) is 14.7 Å². The van der Waals surface area contributed by atoms with Gasteiger partial charge in [0.2, 0.25) is 5.91 Å². The van der Waals surface area contributed by atoms with Gasteiger partial charge in [-0.1, -0.05) is 12.1 Å². The average Bonchev–Trinajstić information content (AvgIpc) is 2.59. The first-order valence-corrected chi connectivity index (χ1v) is 8.58. The molecule has 5 heteroatoms. The molecule has 0 bridgehead atoms. The number of H-pyrrole nitrogens is 1. The van der Waals surface area contributed by atoms with Gasteiger partial charge in [0, 0.05) is 37.2 Å². The predicted octanol–water partition coefficient (Wildman–Crippen LogP) is 2.00. The Kier molecular flexibility index (Phi) is 5.00. The first kappa shape index (κ1) is 16.7. The highest BCUT2D eigenvalue weighted by Crippen LogP contribution is 2.18. The summed E-state index contributed by atoms with van der Waals surface area (Å²) in [5, 5.41) is 10.3. The summed E-state index contributed by atoms with van der Waals surface area (Å²) in [6, 6.07) is 7.84. The molecule has 0 radical (unpaired) electrons. The summed E-state index contributed by atoms with van der Waals surface area (Å²) in [5.74, 6) is 0.256. The first-order valence-electron chi connectivity index (χ1n) is 8.58. The molecule has 1 amide bonds. The van der Waals surface area contributed by atoms with Crippen LogP contribution in [-0.2, 0) is 11.2 Å². The van der Waals surface area contributed by atoms with Crippen molar-refractivity contribution in [1.82, 2.24) is 9.88 Å². The number of fused-ring (bicyclic) bond motifs is 1. The van der Waals surface area contributed by atoms with Gasteiger partial charge in [-0.25, -0.2) is 0 Å². The molecule has 1 aromatic heterocycles. The van der Waals surface area contributed by atoms with Crippen LogP contribution in [0.15, 0.2) is 29.1 Å². The number of likely N-dealkylation sites (tertiary alicyclic amines) is 1. The van der Waals surface area contributed by atoms with Gasteiger partial charge in [0.25, 0.3) is 5.56 Å². The second kappa shape index (κ2) is 7.18. The number of piperidine rings is 1. The number of carbonyl (C=O) groups is 1. The second-order valence-corrected chi connectivity index (χ2v) is 6.74. The molecule has 1 fully saturated rings. The third kappa shape index (κ3) is 3.67. The summed E-state index contributed by atoms with van der Waals surface area (Å²) in [4.78, 5) is 29.3. The van der Waals surface area contributed by atoms with Crippen molar-refractivity contribution in [3.05, 3.63) is 45.7 Å². The minimum Gasteiger partial charge on any atom is -0.396 e. The lowest BCUT2D eigenvalue weighted by atomic mass is 9.98. The Morgan fingerprint density at radius 3 is 3.00 bits per heavy atom. The molecule has 1 aromatic carbocycles. The number of pyridine rings is 1. The van der Waals surface area contributed by atoms with Crippen LogP contribution >= 0.6 is 0 Å². The van der Waals surface area contributed by atoms with Crippen molar-refractivity contribution in [2.45, 2.75) is 32.6 Å². The second-order valence-electron chi connectivity index (χ2n) is 6.74. The Balaban J connectivity index is 1.69. The normalized spacial score (nSPS) is 18.1. The van der Waals surface area contributed by atoms with Gasteiger partial charge >= 0.3 is 0 Å². The molecule has 0 saturated carbocycles. The molecule has 1 aliphatic heterocycles. The number of aromatic nitrogens is 1. The number of hydrogen-bond acceptors (Lipinski definition) is 3. The van der Waals surface area contributed by atoms with Crippen molar-refractivity contribution in [1.29, 1.82) is 0 Å². The van der Waals surface area contributed by atoms with Crippen molar-refractivity contribution in [3.8, 4) is 0 Å². The molecular formula is C19H24N2O3. The number of aryl methyl sites for hydroxylation is 2. The van der Waals surface area contributed by atoms with E-state index in [0.29, 0.717) is 24.9 Å². The maximum Gasteiger partial charge on any atom is 0.251 e. The number of aliphatic hydroxyl groups excluding tert-OH is 1. The molecule has 1 unspecified atom stereocenters. The first-order chi connectivity index (χ1) is 11.6. The number of carbonyl (C=O) groups excluding carboxylic acids is 1. The van der Waals surface area contributed by atoms with Gasteiger partial charge < -0.3 is 15.0 Å². The SMILES string of the molecule is Cc1ccc2cc(CCC(=O)N3CCCC(CO)C3)c(=O)[nH]c2c1. The fourth-order valence-corrected chi connectivity index (χ4v) is 3.39. The van der Waals surface area contributed by atoms with E-state index >= 15 is 0 Å². The molecule has 128 valence electrons. The van der Waals surface area contributed by atoms with Crippen molar-refractivity contribution in [3.63, 3.8) is 0 Å². The highest BCUT2D eigenvalue weighted by molar-refractivity contribution is 5.80. The van der Waals surface area contributed by atoms with Crippen LogP contribution in [-0.4, -0.2) is 40.6 Å². The number of hydrogen-bond donors (Lipinski definition) is 2. The Morgan fingerprint density at radius 1 is 1.38 bits per heavy atom. The van der Waals surface area contributed by atoms with Crippen LogP contribution in [0.25, 0.3) is 10.9 Å². The van der Waals surface area contributed by atoms with Crippen molar-refractivity contribution in [2.75, 3.05) is 19.7 Å². The summed E-state index contributed by atoms with van der Waals surface area (Å²) in [7, 11) is 0. The Hall–Kier alpha value is -2.14. The van der Waals surface area contributed by atoms with Gasteiger partial charge in [0.1, 0.15) is 0 Å². The van der Waals surface area contributed by atoms with Crippen LogP contribution < -0.4 is 5.56 Å². The fraction of sp³-hybridized carbons (Fsp3) is 0.474. The zero-order valence-corrected chi connectivity index (χ0v) is 14.0. The largest absolute Gasteiger partial charge is 0.396 e. The number of benzene rings is 1. The molecule has 24 heavy (non-hydrogen) atoms. The van der Waals surface area contributed by atoms with E-state index in [0.717, 1.165) is 35.9 Å². The van der Waals surface area contributed by atoms with E-state index in [-0.39, 0.29) is 24.0 Å². The lowest BCUT2D eigenvalue weighted by Crippen LogP contribution is -2.41. The average molecular weight is 328 g/mol. The molecule has 2 aromatic rings. The highest BCUT2D eigenvalue weighted by Gasteiger charge is 2.23.